The molecule has 0 fully saturated rings. The summed E-state index contributed by atoms with van der Waals surface area (Å²) in [4.78, 5) is 16.7. The molecular weight excluding hydrogens is 373 g/mol. The number of aromatic nitrogens is 3. The first-order chi connectivity index (χ1) is 12.5. The standard InChI is InChI=1S/C19H15Cl2N3O2/c1-11-22-19(25)18(17-13(20)7-4-8-14(17)21)15-9-10-16(23-24(11)15)26-12-5-2-3-6-12/h2-4,7-10,12H,5-6H2,1H3. The van der Waals surface area contributed by atoms with Gasteiger partial charge in [0.05, 0.1) is 21.1 Å². The highest BCUT2D eigenvalue weighted by Gasteiger charge is 2.19. The number of nitrogens with zero attached hydrogens (tertiary/aromatic N) is 3. The molecule has 26 heavy (non-hydrogen) atoms. The first-order valence-corrected chi connectivity index (χ1v) is 8.97. The van der Waals surface area contributed by atoms with E-state index >= 15 is 0 Å². The molecule has 4 rings (SSSR count). The van der Waals surface area contributed by atoms with Crippen LogP contribution < -0.4 is 10.3 Å². The number of aryl methyl sites for hydroxylation is 1. The van der Waals surface area contributed by atoms with Crippen molar-refractivity contribution in [1.29, 1.82) is 0 Å². The summed E-state index contributed by atoms with van der Waals surface area (Å²) in [6.45, 7) is 1.72. The number of rotatable bonds is 3. The van der Waals surface area contributed by atoms with Crippen molar-refractivity contribution >= 4 is 28.7 Å². The van der Waals surface area contributed by atoms with Crippen molar-refractivity contribution in [2.45, 2.75) is 25.9 Å². The predicted octanol–water partition coefficient (Wildman–Crippen LogP) is 4.47. The van der Waals surface area contributed by atoms with Crippen LogP contribution in [-0.4, -0.2) is 20.7 Å². The molecule has 0 unspecified atom stereocenters. The molecule has 0 saturated carbocycles. The molecule has 1 aliphatic carbocycles. The summed E-state index contributed by atoms with van der Waals surface area (Å²) in [6.07, 6.45) is 5.99. The smallest absolute Gasteiger partial charge is 0.281 e. The van der Waals surface area contributed by atoms with Gasteiger partial charge in [-0.1, -0.05) is 41.4 Å². The molecule has 7 heteroatoms. The molecule has 2 heterocycles. The molecule has 1 aromatic carbocycles. The molecule has 5 nitrogen and oxygen atoms in total. The second kappa shape index (κ2) is 6.74. The highest BCUT2D eigenvalue weighted by molar-refractivity contribution is 6.39. The zero-order chi connectivity index (χ0) is 18.3. The van der Waals surface area contributed by atoms with Gasteiger partial charge in [-0.15, -0.1) is 5.10 Å². The minimum atomic E-state index is -0.395. The monoisotopic (exact) mass is 387 g/mol. The quantitative estimate of drug-likeness (QED) is 0.622. The Bertz CT molecular complexity index is 1060. The minimum Gasteiger partial charge on any atom is -0.473 e. The van der Waals surface area contributed by atoms with E-state index in [-0.39, 0.29) is 6.10 Å². The lowest BCUT2D eigenvalue weighted by atomic mass is 10.1. The van der Waals surface area contributed by atoms with E-state index in [0.29, 0.717) is 38.4 Å². The van der Waals surface area contributed by atoms with Crippen LogP contribution in [0.1, 0.15) is 18.7 Å². The molecule has 0 spiro atoms. The zero-order valence-corrected chi connectivity index (χ0v) is 15.5. The largest absolute Gasteiger partial charge is 0.473 e. The van der Waals surface area contributed by atoms with Crippen LogP contribution in [0.2, 0.25) is 10.0 Å². The van der Waals surface area contributed by atoms with Gasteiger partial charge in [-0.2, -0.15) is 4.98 Å². The Morgan fingerprint density at radius 1 is 1.08 bits per heavy atom. The summed E-state index contributed by atoms with van der Waals surface area (Å²) in [6, 6.07) is 8.65. The number of ether oxygens (including phenoxy) is 1. The average Bonchev–Trinajstić information content (AvgIpc) is 3.10. The van der Waals surface area contributed by atoms with Crippen molar-refractivity contribution < 1.29 is 4.74 Å². The Kier molecular flexibility index (Phi) is 4.42. The summed E-state index contributed by atoms with van der Waals surface area (Å²) >= 11 is 12.6. The molecule has 2 aromatic heterocycles. The topological polar surface area (TPSA) is 56.5 Å². The van der Waals surface area contributed by atoms with E-state index in [9.17, 15) is 4.79 Å². The fraction of sp³-hybridized carbons (Fsp3) is 0.211. The van der Waals surface area contributed by atoms with Gasteiger partial charge < -0.3 is 4.74 Å². The van der Waals surface area contributed by atoms with E-state index in [1.165, 1.54) is 0 Å². The van der Waals surface area contributed by atoms with Gasteiger partial charge >= 0.3 is 0 Å². The van der Waals surface area contributed by atoms with Crippen LogP contribution in [0.4, 0.5) is 0 Å². The van der Waals surface area contributed by atoms with Crippen LogP contribution in [0, 0.1) is 6.92 Å². The summed E-state index contributed by atoms with van der Waals surface area (Å²) in [5, 5.41) is 5.28. The second-order valence-electron chi connectivity index (χ2n) is 6.09. The third-order valence-corrected chi connectivity index (χ3v) is 4.95. The number of hydrogen-bond donors (Lipinski definition) is 0. The first-order valence-electron chi connectivity index (χ1n) is 8.21. The van der Waals surface area contributed by atoms with Crippen LogP contribution in [0.15, 0.2) is 47.3 Å². The fourth-order valence-electron chi connectivity index (χ4n) is 3.10. The van der Waals surface area contributed by atoms with Crippen molar-refractivity contribution in [3.8, 4) is 17.0 Å². The van der Waals surface area contributed by atoms with Gasteiger partial charge in [0, 0.05) is 24.5 Å². The van der Waals surface area contributed by atoms with Crippen molar-refractivity contribution in [1.82, 2.24) is 14.6 Å². The summed E-state index contributed by atoms with van der Waals surface area (Å²) < 4.78 is 7.50. The average molecular weight is 388 g/mol. The Hall–Kier alpha value is -2.37. The van der Waals surface area contributed by atoms with Gasteiger partial charge in [0.1, 0.15) is 11.9 Å². The third kappa shape index (κ3) is 2.97. The molecule has 132 valence electrons. The van der Waals surface area contributed by atoms with Crippen LogP contribution in [0.5, 0.6) is 5.88 Å². The Morgan fingerprint density at radius 3 is 2.46 bits per heavy atom. The van der Waals surface area contributed by atoms with Crippen molar-refractivity contribution in [2.75, 3.05) is 0 Å². The molecular formula is C19H15Cl2N3O2. The predicted molar refractivity (Wildman–Crippen MR) is 102 cm³/mol. The highest BCUT2D eigenvalue weighted by atomic mass is 35.5. The van der Waals surface area contributed by atoms with Crippen molar-refractivity contribution in [3.05, 3.63) is 68.7 Å². The molecule has 0 atom stereocenters. The highest BCUT2D eigenvalue weighted by Crippen LogP contribution is 2.35. The van der Waals surface area contributed by atoms with Gasteiger partial charge in [-0.05, 0) is 25.1 Å². The maximum atomic E-state index is 12.6. The molecule has 3 aromatic rings. The summed E-state index contributed by atoms with van der Waals surface area (Å²) in [7, 11) is 0. The Labute approximate surface area is 159 Å². The van der Waals surface area contributed by atoms with Gasteiger partial charge in [0.25, 0.3) is 5.56 Å². The molecule has 0 N–H and O–H groups in total. The van der Waals surface area contributed by atoms with Gasteiger partial charge in [0.15, 0.2) is 0 Å². The summed E-state index contributed by atoms with van der Waals surface area (Å²) in [5.74, 6) is 0.947. The number of benzene rings is 1. The molecule has 0 saturated heterocycles. The molecule has 0 amide bonds. The lowest BCUT2D eigenvalue weighted by Crippen LogP contribution is -2.19. The number of halogens is 2. The summed E-state index contributed by atoms with van der Waals surface area (Å²) in [5.41, 5.74) is 0.969. The van der Waals surface area contributed by atoms with Crippen LogP contribution in [-0.2, 0) is 0 Å². The second-order valence-corrected chi connectivity index (χ2v) is 6.90. The number of hydrogen-bond acceptors (Lipinski definition) is 4. The van der Waals surface area contributed by atoms with E-state index < -0.39 is 5.56 Å². The van der Waals surface area contributed by atoms with Crippen LogP contribution >= 0.6 is 23.2 Å². The lowest BCUT2D eigenvalue weighted by molar-refractivity contribution is 0.204. The first kappa shape index (κ1) is 17.1. The fourth-order valence-corrected chi connectivity index (χ4v) is 3.68. The maximum absolute atomic E-state index is 12.6. The van der Waals surface area contributed by atoms with E-state index in [4.69, 9.17) is 27.9 Å². The van der Waals surface area contributed by atoms with Gasteiger partial charge in [0.2, 0.25) is 5.88 Å². The number of fused-ring (bicyclic) bond motifs is 1. The van der Waals surface area contributed by atoms with Crippen LogP contribution in [0.25, 0.3) is 16.6 Å². The van der Waals surface area contributed by atoms with Crippen LogP contribution in [0.3, 0.4) is 0 Å². The molecule has 0 aliphatic heterocycles. The van der Waals surface area contributed by atoms with Crippen molar-refractivity contribution in [3.63, 3.8) is 0 Å². The lowest BCUT2D eigenvalue weighted by Gasteiger charge is -2.15. The van der Waals surface area contributed by atoms with Gasteiger partial charge in [-0.3, -0.25) is 4.79 Å². The molecule has 1 aliphatic rings. The normalized spacial score (nSPS) is 14.3. The Balaban J connectivity index is 1.90. The van der Waals surface area contributed by atoms with E-state index in [2.05, 4.69) is 22.2 Å². The molecule has 0 bridgehead atoms. The molecule has 0 radical (unpaired) electrons. The van der Waals surface area contributed by atoms with Crippen molar-refractivity contribution in [2.24, 2.45) is 0 Å². The van der Waals surface area contributed by atoms with Gasteiger partial charge in [-0.25, -0.2) is 4.52 Å². The minimum absolute atomic E-state index is 0.0880. The van der Waals surface area contributed by atoms with E-state index in [1.54, 1.807) is 41.8 Å². The zero-order valence-electron chi connectivity index (χ0n) is 13.9. The third-order valence-electron chi connectivity index (χ3n) is 4.32. The Morgan fingerprint density at radius 2 is 1.77 bits per heavy atom. The van der Waals surface area contributed by atoms with E-state index in [0.717, 1.165) is 12.8 Å². The SMILES string of the molecule is Cc1nc(=O)c(-c2c(Cl)cccc2Cl)c2ccc(OC3CC=CC3)nn12. The maximum Gasteiger partial charge on any atom is 0.281 e. The van der Waals surface area contributed by atoms with E-state index in [1.807, 2.05) is 0 Å².